The zero-order chi connectivity index (χ0) is 14.1. The van der Waals surface area contributed by atoms with Gasteiger partial charge in [-0.3, -0.25) is 5.10 Å². The zero-order valence-electron chi connectivity index (χ0n) is 11.4. The van der Waals surface area contributed by atoms with Crippen LogP contribution in [-0.2, 0) is 0 Å². The lowest BCUT2D eigenvalue weighted by atomic mass is 10.0. The Morgan fingerprint density at radius 2 is 1.90 bits per heavy atom. The van der Waals surface area contributed by atoms with Gasteiger partial charge in [-0.1, -0.05) is 26.0 Å². The smallest absolute Gasteiger partial charge is 0.224 e. The van der Waals surface area contributed by atoms with Gasteiger partial charge in [-0.25, -0.2) is 0 Å². The predicted molar refractivity (Wildman–Crippen MR) is 79.9 cm³/mol. The van der Waals surface area contributed by atoms with Gasteiger partial charge in [0.2, 0.25) is 5.95 Å². The average Bonchev–Trinajstić information content (AvgIpc) is 2.87. The fraction of sp³-hybridized carbons (Fsp3) is 0.214. The van der Waals surface area contributed by atoms with Gasteiger partial charge < -0.3 is 11.1 Å². The van der Waals surface area contributed by atoms with Crippen LogP contribution in [0.5, 0.6) is 0 Å². The van der Waals surface area contributed by atoms with Gasteiger partial charge >= 0.3 is 0 Å². The number of benzene rings is 1. The first-order valence-corrected chi connectivity index (χ1v) is 6.47. The number of nitrogen functional groups attached to an aromatic ring is 1. The number of rotatable bonds is 3. The summed E-state index contributed by atoms with van der Waals surface area (Å²) in [5.41, 5.74) is 8.57. The van der Waals surface area contributed by atoms with Crippen molar-refractivity contribution in [3.63, 3.8) is 0 Å². The summed E-state index contributed by atoms with van der Waals surface area (Å²) in [5, 5.41) is 10.8. The highest BCUT2D eigenvalue weighted by Crippen LogP contribution is 2.24. The van der Waals surface area contributed by atoms with Crippen LogP contribution in [0.2, 0.25) is 0 Å². The van der Waals surface area contributed by atoms with Crippen LogP contribution in [0.1, 0.15) is 25.3 Å². The minimum absolute atomic E-state index is 0.211. The number of aromatic amines is 1. The topological polar surface area (TPSA) is 92.5 Å². The second-order valence-electron chi connectivity index (χ2n) is 4.96. The van der Waals surface area contributed by atoms with Crippen molar-refractivity contribution in [2.75, 3.05) is 11.1 Å². The van der Waals surface area contributed by atoms with Crippen molar-refractivity contribution in [1.82, 2.24) is 20.2 Å². The minimum Gasteiger partial charge on any atom is -0.368 e. The molecule has 20 heavy (non-hydrogen) atoms. The normalized spacial score (nSPS) is 11.2. The molecule has 3 aromatic rings. The lowest BCUT2D eigenvalue weighted by molar-refractivity contribution is 0.867. The van der Waals surface area contributed by atoms with Crippen LogP contribution in [0, 0.1) is 0 Å². The standard InChI is InChI=1S/C14H16N6/c1-8(2)9-3-5-10(6-4-9)17-12-11-7-16-20-13(11)19-14(15)18-12/h3-8H,1-2H3,(H4,15,16,17,18,19,20). The molecule has 0 spiro atoms. The fourth-order valence-corrected chi connectivity index (χ4v) is 2.04. The molecule has 0 aliphatic carbocycles. The van der Waals surface area contributed by atoms with Crippen molar-refractivity contribution in [2.24, 2.45) is 0 Å². The molecule has 4 N–H and O–H groups in total. The molecule has 2 heterocycles. The van der Waals surface area contributed by atoms with Gasteiger partial charge in [0.1, 0.15) is 5.82 Å². The van der Waals surface area contributed by atoms with E-state index in [2.05, 4.69) is 51.5 Å². The van der Waals surface area contributed by atoms with Crippen LogP contribution in [0.25, 0.3) is 11.0 Å². The number of hydrogen-bond acceptors (Lipinski definition) is 5. The maximum Gasteiger partial charge on any atom is 0.224 e. The fourth-order valence-electron chi connectivity index (χ4n) is 2.04. The Labute approximate surface area is 116 Å². The van der Waals surface area contributed by atoms with Gasteiger partial charge in [0, 0.05) is 5.69 Å². The van der Waals surface area contributed by atoms with Crippen LogP contribution >= 0.6 is 0 Å². The molecule has 0 unspecified atom stereocenters. The predicted octanol–water partition coefficient (Wildman–Crippen LogP) is 2.80. The quantitative estimate of drug-likeness (QED) is 0.679. The maximum atomic E-state index is 5.69. The average molecular weight is 268 g/mol. The highest BCUT2D eigenvalue weighted by atomic mass is 15.2. The van der Waals surface area contributed by atoms with E-state index in [-0.39, 0.29) is 5.95 Å². The third-order valence-corrected chi connectivity index (χ3v) is 3.17. The van der Waals surface area contributed by atoms with Gasteiger partial charge in [0.25, 0.3) is 0 Å². The first-order valence-electron chi connectivity index (χ1n) is 6.47. The molecule has 0 amide bonds. The molecule has 102 valence electrons. The Morgan fingerprint density at radius 3 is 2.60 bits per heavy atom. The number of nitrogens with one attached hydrogen (secondary N) is 2. The van der Waals surface area contributed by atoms with Gasteiger partial charge in [-0.05, 0) is 23.6 Å². The number of anilines is 3. The Bertz CT molecular complexity index is 729. The lowest BCUT2D eigenvalue weighted by Gasteiger charge is -2.09. The van der Waals surface area contributed by atoms with Gasteiger partial charge in [-0.15, -0.1) is 0 Å². The van der Waals surface area contributed by atoms with Crippen molar-refractivity contribution in [1.29, 1.82) is 0 Å². The number of nitrogens with zero attached hydrogens (tertiary/aromatic N) is 3. The summed E-state index contributed by atoms with van der Waals surface area (Å²) in [6.07, 6.45) is 1.68. The summed E-state index contributed by atoms with van der Waals surface area (Å²) in [7, 11) is 0. The second kappa shape index (κ2) is 4.80. The van der Waals surface area contributed by atoms with Gasteiger partial charge in [0.15, 0.2) is 5.65 Å². The lowest BCUT2D eigenvalue weighted by Crippen LogP contribution is -2.01. The summed E-state index contributed by atoms with van der Waals surface area (Å²) in [6, 6.07) is 8.26. The van der Waals surface area contributed by atoms with Crippen molar-refractivity contribution >= 4 is 28.5 Å². The van der Waals surface area contributed by atoms with Crippen LogP contribution in [0.4, 0.5) is 17.5 Å². The largest absolute Gasteiger partial charge is 0.368 e. The number of nitrogens with two attached hydrogens (primary N) is 1. The molecule has 0 aliphatic rings. The van der Waals surface area contributed by atoms with Crippen molar-refractivity contribution < 1.29 is 0 Å². The summed E-state index contributed by atoms with van der Waals surface area (Å²) in [5.74, 6) is 1.38. The van der Waals surface area contributed by atoms with E-state index in [0.29, 0.717) is 17.4 Å². The van der Waals surface area contributed by atoms with E-state index in [1.165, 1.54) is 5.56 Å². The molecule has 6 nitrogen and oxygen atoms in total. The van der Waals surface area contributed by atoms with E-state index in [1.807, 2.05) is 12.1 Å². The van der Waals surface area contributed by atoms with Crippen LogP contribution < -0.4 is 11.1 Å². The van der Waals surface area contributed by atoms with Crippen molar-refractivity contribution in [3.05, 3.63) is 36.0 Å². The Hall–Kier alpha value is -2.63. The van der Waals surface area contributed by atoms with E-state index in [0.717, 1.165) is 11.1 Å². The molecule has 0 radical (unpaired) electrons. The van der Waals surface area contributed by atoms with Crippen LogP contribution in [0.3, 0.4) is 0 Å². The van der Waals surface area contributed by atoms with Crippen molar-refractivity contribution in [3.8, 4) is 0 Å². The molecule has 6 heteroatoms. The number of hydrogen-bond donors (Lipinski definition) is 3. The Morgan fingerprint density at radius 1 is 1.15 bits per heavy atom. The zero-order valence-corrected chi connectivity index (χ0v) is 11.4. The van der Waals surface area contributed by atoms with Crippen molar-refractivity contribution in [2.45, 2.75) is 19.8 Å². The van der Waals surface area contributed by atoms with Crippen LogP contribution in [0.15, 0.2) is 30.5 Å². The summed E-state index contributed by atoms with van der Waals surface area (Å²) < 4.78 is 0. The highest BCUT2D eigenvalue weighted by molar-refractivity contribution is 5.88. The summed E-state index contributed by atoms with van der Waals surface area (Å²) in [6.45, 7) is 4.34. The van der Waals surface area contributed by atoms with Gasteiger partial charge in [-0.2, -0.15) is 15.1 Å². The Balaban J connectivity index is 1.94. The summed E-state index contributed by atoms with van der Waals surface area (Å²) >= 11 is 0. The van der Waals surface area contributed by atoms with Crippen LogP contribution in [-0.4, -0.2) is 20.2 Å². The second-order valence-corrected chi connectivity index (χ2v) is 4.96. The molecule has 0 saturated heterocycles. The first kappa shape index (κ1) is 12.4. The number of fused-ring (bicyclic) bond motifs is 1. The maximum absolute atomic E-state index is 5.69. The molecule has 0 bridgehead atoms. The first-order chi connectivity index (χ1) is 9.63. The molecular weight excluding hydrogens is 252 g/mol. The van der Waals surface area contributed by atoms with E-state index >= 15 is 0 Å². The number of aromatic nitrogens is 4. The molecule has 0 aliphatic heterocycles. The summed E-state index contributed by atoms with van der Waals surface area (Å²) in [4.78, 5) is 8.31. The third kappa shape index (κ3) is 2.27. The molecule has 0 atom stereocenters. The SMILES string of the molecule is CC(C)c1ccc(Nc2nc(N)nc3[nH]ncc23)cc1. The highest BCUT2D eigenvalue weighted by Gasteiger charge is 2.08. The Kier molecular flexibility index (Phi) is 2.98. The van der Waals surface area contributed by atoms with E-state index in [9.17, 15) is 0 Å². The molecule has 0 fully saturated rings. The van der Waals surface area contributed by atoms with E-state index in [4.69, 9.17) is 5.73 Å². The third-order valence-electron chi connectivity index (χ3n) is 3.17. The van der Waals surface area contributed by atoms with E-state index < -0.39 is 0 Å². The minimum atomic E-state index is 0.211. The monoisotopic (exact) mass is 268 g/mol. The van der Waals surface area contributed by atoms with Gasteiger partial charge in [0.05, 0.1) is 11.6 Å². The molecule has 0 saturated carbocycles. The number of H-pyrrole nitrogens is 1. The molecule has 1 aromatic carbocycles. The molecular formula is C14H16N6. The van der Waals surface area contributed by atoms with E-state index in [1.54, 1.807) is 6.20 Å². The molecule has 3 rings (SSSR count). The molecule has 2 aromatic heterocycles.